The zero-order valence-electron chi connectivity index (χ0n) is 12.9. The number of sulfone groups is 1. The zero-order chi connectivity index (χ0) is 15.6. The summed E-state index contributed by atoms with van der Waals surface area (Å²) in [5.74, 6) is 1.24. The first-order chi connectivity index (χ1) is 9.88. The summed E-state index contributed by atoms with van der Waals surface area (Å²) in [5.41, 5.74) is 2.17. The number of aryl methyl sites for hydroxylation is 2. The number of halogens is 1. The Hall–Kier alpha value is -0.400. The maximum atomic E-state index is 11.7. The fourth-order valence-electron chi connectivity index (χ4n) is 3.18. The minimum atomic E-state index is -2.83. The van der Waals surface area contributed by atoms with Crippen molar-refractivity contribution in [2.24, 2.45) is 11.8 Å². The van der Waals surface area contributed by atoms with E-state index in [4.69, 9.17) is 0 Å². The summed E-state index contributed by atoms with van der Waals surface area (Å²) in [4.78, 5) is 0. The molecule has 2 atom stereocenters. The zero-order valence-corrected chi connectivity index (χ0v) is 15.3. The second kappa shape index (κ2) is 6.79. The van der Waals surface area contributed by atoms with Crippen LogP contribution in [0, 0.1) is 18.8 Å². The van der Waals surface area contributed by atoms with Gasteiger partial charge in [0.2, 0.25) is 0 Å². The van der Waals surface area contributed by atoms with Gasteiger partial charge in [0.1, 0.15) is 0 Å². The molecule has 1 saturated heterocycles. The summed E-state index contributed by atoms with van der Waals surface area (Å²) in [6, 6.07) is 0. The van der Waals surface area contributed by atoms with E-state index < -0.39 is 9.84 Å². The largest absolute Gasteiger partial charge is 0.319 e. The van der Waals surface area contributed by atoms with Gasteiger partial charge in [0.05, 0.1) is 27.4 Å². The van der Waals surface area contributed by atoms with Crippen LogP contribution in [0.2, 0.25) is 0 Å². The molecular weight excluding hydrogens is 354 g/mol. The molecule has 1 N–H and O–H groups in total. The van der Waals surface area contributed by atoms with E-state index in [2.05, 4.69) is 33.3 Å². The molecule has 1 aliphatic heterocycles. The monoisotopic (exact) mass is 377 g/mol. The van der Waals surface area contributed by atoms with E-state index in [0.717, 1.165) is 36.1 Å². The van der Waals surface area contributed by atoms with Gasteiger partial charge in [-0.15, -0.1) is 0 Å². The van der Waals surface area contributed by atoms with Gasteiger partial charge < -0.3 is 5.32 Å². The van der Waals surface area contributed by atoms with Crippen LogP contribution in [0.3, 0.4) is 0 Å². The minimum absolute atomic E-state index is 0.245. The molecule has 1 aliphatic rings. The summed E-state index contributed by atoms with van der Waals surface area (Å²) in [6.45, 7) is 5.74. The molecular formula is C14H24BrN3O2S. The van der Waals surface area contributed by atoms with Crippen molar-refractivity contribution >= 4 is 25.8 Å². The van der Waals surface area contributed by atoms with Crippen LogP contribution in [0.15, 0.2) is 4.47 Å². The fraction of sp³-hybridized carbons (Fsp3) is 0.786. The van der Waals surface area contributed by atoms with Crippen LogP contribution in [0.4, 0.5) is 0 Å². The van der Waals surface area contributed by atoms with Crippen molar-refractivity contribution in [1.82, 2.24) is 15.1 Å². The summed E-state index contributed by atoms with van der Waals surface area (Å²) in [7, 11) is -0.909. The van der Waals surface area contributed by atoms with Crippen LogP contribution < -0.4 is 5.32 Å². The van der Waals surface area contributed by atoms with Crippen LogP contribution >= 0.6 is 15.9 Å². The van der Waals surface area contributed by atoms with Crippen molar-refractivity contribution in [2.75, 3.05) is 25.1 Å². The molecule has 0 radical (unpaired) electrons. The molecule has 2 unspecified atom stereocenters. The molecule has 0 aromatic carbocycles. The second-order valence-electron chi connectivity index (χ2n) is 5.85. The number of nitrogens with one attached hydrogen (secondary N) is 1. The topological polar surface area (TPSA) is 64.0 Å². The highest BCUT2D eigenvalue weighted by atomic mass is 79.9. The van der Waals surface area contributed by atoms with Crippen LogP contribution in [-0.4, -0.2) is 43.3 Å². The van der Waals surface area contributed by atoms with E-state index in [1.165, 1.54) is 5.69 Å². The molecule has 120 valence electrons. The minimum Gasteiger partial charge on any atom is -0.319 e. The van der Waals surface area contributed by atoms with Gasteiger partial charge in [-0.3, -0.25) is 4.68 Å². The first-order valence-electron chi connectivity index (χ1n) is 7.44. The smallest absolute Gasteiger partial charge is 0.150 e. The van der Waals surface area contributed by atoms with Gasteiger partial charge in [-0.1, -0.05) is 0 Å². The molecule has 21 heavy (non-hydrogen) atoms. The molecule has 2 heterocycles. The number of nitrogens with zero attached hydrogens (tertiary/aromatic N) is 2. The number of aromatic nitrogens is 2. The quantitative estimate of drug-likeness (QED) is 0.820. The summed E-state index contributed by atoms with van der Waals surface area (Å²) in [6.07, 6.45) is 1.64. The highest BCUT2D eigenvalue weighted by Crippen LogP contribution is 2.31. The maximum Gasteiger partial charge on any atom is 0.150 e. The first kappa shape index (κ1) is 17.0. The highest BCUT2D eigenvalue weighted by molar-refractivity contribution is 9.10. The predicted molar refractivity (Wildman–Crippen MR) is 88.2 cm³/mol. The molecule has 1 aromatic rings. The van der Waals surface area contributed by atoms with E-state index in [9.17, 15) is 8.42 Å². The average molecular weight is 378 g/mol. The summed E-state index contributed by atoms with van der Waals surface area (Å²) >= 11 is 3.63. The molecule has 0 bridgehead atoms. The molecule has 0 saturated carbocycles. The number of hydrogen-bond acceptors (Lipinski definition) is 4. The van der Waals surface area contributed by atoms with E-state index in [1.807, 2.05) is 18.7 Å². The molecule has 1 aromatic heterocycles. The molecule has 7 heteroatoms. The van der Waals surface area contributed by atoms with Crippen LogP contribution in [-0.2, 0) is 22.8 Å². The summed E-state index contributed by atoms with van der Waals surface area (Å²) < 4.78 is 26.6. The van der Waals surface area contributed by atoms with Crippen LogP contribution in [0.5, 0.6) is 0 Å². The van der Waals surface area contributed by atoms with Crippen molar-refractivity contribution in [3.63, 3.8) is 0 Å². The third kappa shape index (κ3) is 3.87. The van der Waals surface area contributed by atoms with Crippen molar-refractivity contribution in [3.8, 4) is 0 Å². The predicted octanol–water partition coefficient (Wildman–Crippen LogP) is 1.79. The van der Waals surface area contributed by atoms with Crippen LogP contribution in [0.25, 0.3) is 0 Å². The van der Waals surface area contributed by atoms with Gasteiger partial charge in [0, 0.05) is 6.54 Å². The summed E-state index contributed by atoms with van der Waals surface area (Å²) in [5, 5.41) is 7.74. The molecule has 0 aliphatic carbocycles. The molecule has 5 nitrogen and oxygen atoms in total. The Morgan fingerprint density at radius 1 is 1.52 bits per heavy atom. The maximum absolute atomic E-state index is 11.7. The van der Waals surface area contributed by atoms with Gasteiger partial charge in [-0.25, -0.2) is 8.42 Å². The van der Waals surface area contributed by atoms with Crippen molar-refractivity contribution in [3.05, 3.63) is 15.9 Å². The lowest BCUT2D eigenvalue weighted by Gasteiger charge is -2.23. The Morgan fingerprint density at radius 2 is 2.24 bits per heavy atom. The van der Waals surface area contributed by atoms with Gasteiger partial charge in [0.15, 0.2) is 9.84 Å². The first-order valence-corrected chi connectivity index (χ1v) is 10.1. The van der Waals surface area contributed by atoms with Gasteiger partial charge in [0.25, 0.3) is 0 Å². The van der Waals surface area contributed by atoms with E-state index in [0.29, 0.717) is 17.4 Å². The Morgan fingerprint density at radius 3 is 2.76 bits per heavy atom. The standard InChI is InChI=1S/C14H24BrN3O2S/c1-4-18-13(14(15)10(2)17-18)7-12(8-16-3)11-5-6-21(19,20)9-11/h11-12,16H,4-9H2,1-3H3. The van der Waals surface area contributed by atoms with E-state index in [1.54, 1.807) is 0 Å². The van der Waals surface area contributed by atoms with E-state index in [-0.39, 0.29) is 5.92 Å². The van der Waals surface area contributed by atoms with Gasteiger partial charge in [-0.05, 0) is 68.0 Å². The van der Waals surface area contributed by atoms with Crippen molar-refractivity contribution in [1.29, 1.82) is 0 Å². The third-order valence-electron chi connectivity index (χ3n) is 4.31. The molecule has 1 fully saturated rings. The SMILES string of the molecule is CCn1nc(C)c(Br)c1CC(CNC)C1CCS(=O)(=O)C1. The second-order valence-corrected chi connectivity index (χ2v) is 8.87. The Balaban J connectivity index is 2.21. The van der Waals surface area contributed by atoms with E-state index >= 15 is 0 Å². The lowest BCUT2D eigenvalue weighted by Crippen LogP contribution is -2.29. The normalized spacial score (nSPS) is 22.6. The third-order valence-corrected chi connectivity index (χ3v) is 7.13. The molecule has 2 rings (SSSR count). The van der Waals surface area contributed by atoms with Gasteiger partial charge in [-0.2, -0.15) is 5.10 Å². The Labute approximate surface area is 135 Å². The van der Waals surface area contributed by atoms with Crippen molar-refractivity contribution in [2.45, 2.75) is 33.2 Å². The van der Waals surface area contributed by atoms with Gasteiger partial charge >= 0.3 is 0 Å². The Kier molecular flexibility index (Phi) is 5.48. The average Bonchev–Trinajstić information content (AvgIpc) is 2.92. The Bertz CT molecular complexity index is 598. The number of rotatable bonds is 6. The van der Waals surface area contributed by atoms with Crippen molar-refractivity contribution < 1.29 is 8.42 Å². The lowest BCUT2D eigenvalue weighted by molar-refractivity contribution is 0.343. The highest BCUT2D eigenvalue weighted by Gasteiger charge is 2.34. The molecule has 0 amide bonds. The fourth-order valence-corrected chi connectivity index (χ4v) is 5.54. The lowest BCUT2D eigenvalue weighted by atomic mass is 9.87. The molecule has 0 spiro atoms. The van der Waals surface area contributed by atoms with Crippen LogP contribution in [0.1, 0.15) is 24.7 Å². The number of hydrogen-bond donors (Lipinski definition) is 1.